The van der Waals surface area contributed by atoms with Gasteiger partial charge in [0.15, 0.2) is 0 Å². The second kappa shape index (κ2) is 3.45. The lowest BCUT2D eigenvalue weighted by Gasteiger charge is -2.02. The average molecular weight is 209 g/mol. The molecule has 2 heterocycles. The maximum Gasteiger partial charge on any atom is 0.143 e. The summed E-state index contributed by atoms with van der Waals surface area (Å²) in [5.74, 6) is 0. The lowest BCUT2D eigenvalue weighted by Crippen LogP contribution is -1.92. The second-order valence-electron chi connectivity index (χ2n) is 3.76. The SMILES string of the molecule is Cn1c(-c2ccccc2)cc2cncnc21. The third-order valence-electron chi connectivity index (χ3n) is 2.76. The minimum absolute atomic E-state index is 0.967. The van der Waals surface area contributed by atoms with Crippen LogP contribution >= 0.6 is 0 Å². The van der Waals surface area contributed by atoms with E-state index in [1.165, 1.54) is 5.56 Å². The summed E-state index contributed by atoms with van der Waals surface area (Å²) in [5.41, 5.74) is 3.33. The molecule has 3 aromatic rings. The fourth-order valence-corrected chi connectivity index (χ4v) is 1.96. The van der Waals surface area contributed by atoms with Crippen LogP contribution in [0.5, 0.6) is 0 Å². The van der Waals surface area contributed by atoms with E-state index < -0.39 is 0 Å². The first-order valence-electron chi connectivity index (χ1n) is 5.17. The van der Waals surface area contributed by atoms with Crippen LogP contribution in [-0.2, 0) is 7.05 Å². The first kappa shape index (κ1) is 9.09. The van der Waals surface area contributed by atoms with E-state index in [0.717, 1.165) is 16.7 Å². The summed E-state index contributed by atoms with van der Waals surface area (Å²) < 4.78 is 2.09. The molecule has 0 radical (unpaired) electrons. The number of hydrogen-bond donors (Lipinski definition) is 0. The molecule has 0 amide bonds. The van der Waals surface area contributed by atoms with Crippen molar-refractivity contribution in [1.29, 1.82) is 0 Å². The summed E-state index contributed by atoms with van der Waals surface area (Å²) in [5, 5.41) is 1.07. The monoisotopic (exact) mass is 209 g/mol. The highest BCUT2D eigenvalue weighted by atomic mass is 15.0. The molecule has 3 rings (SSSR count). The van der Waals surface area contributed by atoms with Crippen LogP contribution in [0, 0.1) is 0 Å². The van der Waals surface area contributed by atoms with Gasteiger partial charge in [-0.1, -0.05) is 30.3 Å². The van der Waals surface area contributed by atoms with Gasteiger partial charge in [-0.25, -0.2) is 9.97 Å². The third-order valence-corrected chi connectivity index (χ3v) is 2.76. The van der Waals surface area contributed by atoms with Gasteiger partial charge in [0.2, 0.25) is 0 Å². The van der Waals surface area contributed by atoms with Gasteiger partial charge in [-0.2, -0.15) is 0 Å². The van der Waals surface area contributed by atoms with Crippen molar-refractivity contribution in [3.8, 4) is 11.3 Å². The molecular weight excluding hydrogens is 198 g/mol. The fourth-order valence-electron chi connectivity index (χ4n) is 1.96. The molecule has 0 aliphatic heterocycles. The van der Waals surface area contributed by atoms with E-state index in [-0.39, 0.29) is 0 Å². The zero-order valence-corrected chi connectivity index (χ0v) is 8.96. The largest absolute Gasteiger partial charge is 0.328 e. The molecule has 0 bridgehead atoms. The van der Waals surface area contributed by atoms with Crippen molar-refractivity contribution >= 4 is 11.0 Å². The van der Waals surface area contributed by atoms with Crippen LogP contribution in [0.15, 0.2) is 48.9 Å². The van der Waals surface area contributed by atoms with Crippen molar-refractivity contribution in [3.05, 3.63) is 48.9 Å². The minimum atomic E-state index is 0.967. The van der Waals surface area contributed by atoms with Crippen molar-refractivity contribution in [2.45, 2.75) is 0 Å². The van der Waals surface area contributed by atoms with Gasteiger partial charge in [-0.15, -0.1) is 0 Å². The molecule has 1 aromatic carbocycles. The number of nitrogens with zero attached hydrogens (tertiary/aromatic N) is 3. The minimum Gasteiger partial charge on any atom is -0.328 e. The average Bonchev–Trinajstić information content (AvgIpc) is 2.69. The maximum absolute atomic E-state index is 4.28. The molecule has 2 aromatic heterocycles. The van der Waals surface area contributed by atoms with Crippen molar-refractivity contribution in [3.63, 3.8) is 0 Å². The molecule has 78 valence electrons. The molecule has 0 spiro atoms. The van der Waals surface area contributed by atoms with Gasteiger partial charge in [-0.3, -0.25) is 0 Å². The second-order valence-corrected chi connectivity index (χ2v) is 3.76. The van der Waals surface area contributed by atoms with Gasteiger partial charge in [-0.05, 0) is 11.6 Å². The number of aromatic nitrogens is 3. The zero-order valence-electron chi connectivity index (χ0n) is 8.96. The topological polar surface area (TPSA) is 30.7 Å². The molecule has 16 heavy (non-hydrogen) atoms. The van der Waals surface area contributed by atoms with Gasteiger partial charge < -0.3 is 4.57 Å². The van der Waals surface area contributed by atoms with Crippen molar-refractivity contribution in [2.75, 3.05) is 0 Å². The normalized spacial score (nSPS) is 10.8. The van der Waals surface area contributed by atoms with E-state index in [0.29, 0.717) is 0 Å². The Morgan fingerprint density at radius 3 is 2.69 bits per heavy atom. The van der Waals surface area contributed by atoms with Crippen LogP contribution in [0.3, 0.4) is 0 Å². The molecule has 0 N–H and O–H groups in total. The molecular formula is C13H11N3. The van der Waals surface area contributed by atoms with Gasteiger partial charge >= 0.3 is 0 Å². The molecule has 0 aliphatic rings. The molecule has 0 saturated carbocycles. The number of fused-ring (bicyclic) bond motifs is 1. The predicted molar refractivity (Wildman–Crippen MR) is 63.9 cm³/mol. The van der Waals surface area contributed by atoms with E-state index in [1.54, 1.807) is 6.33 Å². The Balaban J connectivity index is 2.29. The quantitative estimate of drug-likeness (QED) is 0.616. The number of rotatable bonds is 1. The molecule has 0 saturated heterocycles. The first-order valence-corrected chi connectivity index (χ1v) is 5.17. The van der Waals surface area contributed by atoms with Gasteiger partial charge in [0.1, 0.15) is 12.0 Å². The molecule has 0 unspecified atom stereocenters. The standard InChI is InChI=1S/C13H11N3/c1-16-12(10-5-3-2-4-6-10)7-11-8-14-9-15-13(11)16/h2-9H,1H3. The van der Waals surface area contributed by atoms with E-state index >= 15 is 0 Å². The highest BCUT2D eigenvalue weighted by Crippen LogP contribution is 2.24. The van der Waals surface area contributed by atoms with E-state index in [1.807, 2.05) is 31.4 Å². The lowest BCUT2D eigenvalue weighted by molar-refractivity contribution is 0.952. The number of benzene rings is 1. The van der Waals surface area contributed by atoms with Gasteiger partial charge in [0.05, 0.1) is 5.69 Å². The number of hydrogen-bond acceptors (Lipinski definition) is 2. The highest BCUT2D eigenvalue weighted by Gasteiger charge is 2.07. The fraction of sp³-hybridized carbons (Fsp3) is 0.0769. The van der Waals surface area contributed by atoms with Crippen LogP contribution in [0.4, 0.5) is 0 Å². The molecule has 3 heteroatoms. The van der Waals surface area contributed by atoms with Crippen LogP contribution in [0.25, 0.3) is 22.3 Å². The van der Waals surface area contributed by atoms with Gasteiger partial charge in [0.25, 0.3) is 0 Å². The maximum atomic E-state index is 4.28. The number of aryl methyl sites for hydroxylation is 1. The molecule has 0 aliphatic carbocycles. The highest BCUT2D eigenvalue weighted by molar-refractivity contribution is 5.83. The lowest BCUT2D eigenvalue weighted by atomic mass is 10.1. The van der Waals surface area contributed by atoms with Crippen LogP contribution < -0.4 is 0 Å². The smallest absolute Gasteiger partial charge is 0.143 e. The van der Waals surface area contributed by atoms with Crippen molar-refractivity contribution in [1.82, 2.24) is 14.5 Å². The Morgan fingerprint density at radius 2 is 1.94 bits per heavy atom. The zero-order chi connectivity index (χ0) is 11.0. The van der Waals surface area contributed by atoms with E-state index in [9.17, 15) is 0 Å². The Bertz CT molecular complexity index is 626. The Kier molecular flexibility index (Phi) is 1.96. The first-order chi connectivity index (χ1) is 7.86. The van der Waals surface area contributed by atoms with Crippen LogP contribution in [0.1, 0.15) is 0 Å². The van der Waals surface area contributed by atoms with E-state index in [4.69, 9.17) is 0 Å². The predicted octanol–water partition coefficient (Wildman–Crippen LogP) is 2.64. The van der Waals surface area contributed by atoms with Crippen molar-refractivity contribution in [2.24, 2.45) is 7.05 Å². The summed E-state index contributed by atoms with van der Waals surface area (Å²) in [6.07, 6.45) is 3.42. The van der Waals surface area contributed by atoms with Crippen LogP contribution in [-0.4, -0.2) is 14.5 Å². The van der Waals surface area contributed by atoms with Crippen LogP contribution in [0.2, 0.25) is 0 Å². The summed E-state index contributed by atoms with van der Waals surface area (Å²) >= 11 is 0. The summed E-state index contributed by atoms with van der Waals surface area (Å²) in [4.78, 5) is 8.32. The van der Waals surface area contributed by atoms with E-state index in [2.05, 4.69) is 32.7 Å². The Hall–Kier alpha value is -2.16. The molecule has 0 fully saturated rings. The molecule has 0 atom stereocenters. The summed E-state index contributed by atoms with van der Waals surface area (Å²) in [7, 11) is 2.03. The third kappa shape index (κ3) is 1.29. The van der Waals surface area contributed by atoms with Gasteiger partial charge in [0, 0.05) is 18.6 Å². The van der Waals surface area contributed by atoms with Crippen molar-refractivity contribution < 1.29 is 0 Å². The molecule has 3 nitrogen and oxygen atoms in total. The summed E-state index contributed by atoms with van der Waals surface area (Å²) in [6.45, 7) is 0. The summed E-state index contributed by atoms with van der Waals surface area (Å²) in [6, 6.07) is 12.4. The Labute approximate surface area is 93.4 Å². The Morgan fingerprint density at radius 1 is 1.12 bits per heavy atom.